The van der Waals surface area contributed by atoms with Gasteiger partial charge in [-0.1, -0.05) is 0 Å². The van der Waals surface area contributed by atoms with E-state index in [4.69, 9.17) is 11.8 Å². The zero-order valence-electron chi connectivity index (χ0n) is 9.61. The van der Waals surface area contributed by atoms with E-state index in [-0.39, 0.29) is 31.4 Å². The Morgan fingerprint density at radius 2 is 1.60 bits per heavy atom. The molecular formula is C7H18ClMgN. The Morgan fingerprint density at radius 1 is 1.30 bits per heavy atom. The Balaban J connectivity index is -0.000000107. The van der Waals surface area contributed by atoms with Gasteiger partial charge in [0.15, 0.2) is 0 Å². The van der Waals surface area contributed by atoms with Gasteiger partial charge in [0.05, 0.1) is 0 Å². The largest absolute Gasteiger partial charge is 2.00 e. The van der Waals surface area contributed by atoms with Crippen LogP contribution in [0.3, 0.4) is 0 Å². The van der Waals surface area contributed by atoms with Crippen LogP contribution in [0, 0.1) is 0 Å². The van der Waals surface area contributed by atoms with Crippen molar-refractivity contribution in [3.05, 3.63) is 0 Å². The molecule has 0 saturated heterocycles. The summed E-state index contributed by atoms with van der Waals surface area (Å²) in [5, 5.41) is 0. The maximum absolute atomic E-state index is 5.93. The summed E-state index contributed by atoms with van der Waals surface area (Å²) in [5.74, 6) is 0. The van der Waals surface area contributed by atoms with E-state index in [0.717, 1.165) is 0 Å². The van der Waals surface area contributed by atoms with Gasteiger partial charge >= 0.3 is 23.1 Å². The molecule has 0 aliphatic carbocycles. The molecular weight excluding hydrogens is 158 g/mol. The summed E-state index contributed by atoms with van der Waals surface area (Å²) in [7, 11) is 0. The standard InChI is InChI=1S/C7H16ClN.Mg.2H/c1-6(2)9(8)7(3,4)5;;;/h6H,1-5H3;;;/q;+2;2*-1. The number of hydrogen-bond acceptors (Lipinski definition) is 1. The van der Waals surface area contributed by atoms with Crippen molar-refractivity contribution in [2.45, 2.75) is 46.2 Å². The molecule has 0 aromatic heterocycles. The van der Waals surface area contributed by atoms with Crippen molar-refractivity contribution in [1.82, 2.24) is 4.42 Å². The van der Waals surface area contributed by atoms with Crippen LogP contribution in [-0.2, 0) is 0 Å². The van der Waals surface area contributed by atoms with Gasteiger partial charge in [0, 0.05) is 11.6 Å². The van der Waals surface area contributed by atoms with Crippen LogP contribution < -0.4 is 0 Å². The minimum Gasteiger partial charge on any atom is -1.00 e. The second-order valence-corrected chi connectivity index (χ2v) is 3.94. The average Bonchev–Trinajstić information content (AvgIpc) is 1.62. The summed E-state index contributed by atoms with van der Waals surface area (Å²) >= 11 is 5.93. The minimum absolute atomic E-state index is 0. The fourth-order valence-corrected chi connectivity index (χ4v) is 0.775. The third-order valence-corrected chi connectivity index (χ3v) is 1.99. The van der Waals surface area contributed by atoms with Crippen LogP contribution in [-0.4, -0.2) is 39.1 Å². The summed E-state index contributed by atoms with van der Waals surface area (Å²) in [5.41, 5.74) is 0.0791. The Hall–Kier alpha value is 1.02. The molecule has 0 fully saturated rings. The molecule has 0 N–H and O–H groups in total. The second kappa shape index (κ2) is 4.81. The van der Waals surface area contributed by atoms with Gasteiger partial charge in [0.25, 0.3) is 0 Å². The fourth-order valence-electron chi connectivity index (χ4n) is 0.775. The molecule has 0 amide bonds. The van der Waals surface area contributed by atoms with Crippen LogP contribution in [0.1, 0.15) is 37.5 Å². The van der Waals surface area contributed by atoms with E-state index in [2.05, 4.69) is 34.6 Å². The van der Waals surface area contributed by atoms with Crippen molar-refractivity contribution >= 4 is 34.8 Å². The molecule has 0 aliphatic rings. The number of nitrogens with zero attached hydrogens (tertiary/aromatic N) is 1. The van der Waals surface area contributed by atoms with Crippen LogP contribution in [0.5, 0.6) is 0 Å². The molecule has 10 heavy (non-hydrogen) atoms. The Bertz CT molecular complexity index is 95.9. The van der Waals surface area contributed by atoms with E-state index >= 15 is 0 Å². The molecule has 0 aliphatic heterocycles. The summed E-state index contributed by atoms with van der Waals surface area (Å²) in [6.07, 6.45) is 0. The van der Waals surface area contributed by atoms with E-state index in [1.807, 2.05) is 4.42 Å². The quantitative estimate of drug-likeness (QED) is 0.438. The number of hydrogen-bond donors (Lipinski definition) is 0. The van der Waals surface area contributed by atoms with Crippen molar-refractivity contribution < 1.29 is 2.85 Å². The molecule has 0 atom stereocenters. The molecule has 0 bridgehead atoms. The van der Waals surface area contributed by atoms with Crippen molar-refractivity contribution in [3.8, 4) is 0 Å². The summed E-state index contributed by atoms with van der Waals surface area (Å²) in [6, 6.07) is 0.409. The van der Waals surface area contributed by atoms with Gasteiger partial charge in [-0.2, -0.15) is 0 Å². The van der Waals surface area contributed by atoms with E-state index in [0.29, 0.717) is 6.04 Å². The molecule has 1 nitrogen and oxygen atoms in total. The molecule has 0 rings (SSSR count). The van der Waals surface area contributed by atoms with Crippen molar-refractivity contribution in [3.63, 3.8) is 0 Å². The molecule has 0 saturated carbocycles. The zero-order valence-corrected chi connectivity index (χ0v) is 9.78. The molecule has 60 valence electrons. The summed E-state index contributed by atoms with van der Waals surface area (Å²) in [6.45, 7) is 10.5. The SMILES string of the molecule is CC(C)N(Cl)C(C)(C)C.[H-].[H-].[Mg+2]. The van der Waals surface area contributed by atoms with Crippen LogP contribution in [0.15, 0.2) is 0 Å². The monoisotopic (exact) mass is 175 g/mol. The first kappa shape index (κ1) is 13.6. The van der Waals surface area contributed by atoms with Gasteiger partial charge in [-0.15, -0.1) is 0 Å². The molecule has 0 aromatic rings. The van der Waals surface area contributed by atoms with Gasteiger partial charge in [-0.3, -0.25) is 0 Å². The second-order valence-electron chi connectivity index (χ2n) is 3.58. The maximum Gasteiger partial charge on any atom is 2.00 e. The predicted octanol–water partition coefficient (Wildman–Crippen LogP) is 2.49. The van der Waals surface area contributed by atoms with E-state index in [1.165, 1.54) is 0 Å². The third-order valence-electron chi connectivity index (χ3n) is 1.09. The Morgan fingerprint density at radius 3 is 1.60 bits per heavy atom. The minimum atomic E-state index is 0. The summed E-state index contributed by atoms with van der Waals surface area (Å²) < 4.78 is 1.83. The molecule has 0 aromatic carbocycles. The molecule has 0 unspecified atom stereocenters. The first-order valence-electron chi connectivity index (χ1n) is 3.31. The molecule has 0 radical (unpaired) electrons. The van der Waals surface area contributed by atoms with E-state index < -0.39 is 0 Å². The molecule has 0 spiro atoms. The number of rotatable bonds is 1. The van der Waals surface area contributed by atoms with Crippen LogP contribution in [0.4, 0.5) is 0 Å². The van der Waals surface area contributed by atoms with Crippen molar-refractivity contribution in [2.24, 2.45) is 0 Å². The smallest absolute Gasteiger partial charge is 1.00 e. The van der Waals surface area contributed by atoms with Gasteiger partial charge < -0.3 is 2.85 Å². The fraction of sp³-hybridized carbons (Fsp3) is 1.00. The van der Waals surface area contributed by atoms with Crippen molar-refractivity contribution in [2.75, 3.05) is 0 Å². The van der Waals surface area contributed by atoms with Gasteiger partial charge in [0.1, 0.15) is 0 Å². The van der Waals surface area contributed by atoms with Gasteiger partial charge in [-0.25, -0.2) is 4.42 Å². The Labute approximate surface area is 88.3 Å². The van der Waals surface area contributed by atoms with E-state index in [9.17, 15) is 0 Å². The van der Waals surface area contributed by atoms with Crippen LogP contribution >= 0.6 is 11.8 Å². The average molecular weight is 176 g/mol. The van der Waals surface area contributed by atoms with E-state index in [1.54, 1.807) is 0 Å². The van der Waals surface area contributed by atoms with Gasteiger partial charge in [0.2, 0.25) is 0 Å². The maximum atomic E-state index is 5.93. The molecule has 0 heterocycles. The first-order chi connectivity index (χ1) is 3.85. The zero-order chi connectivity index (χ0) is 7.65. The van der Waals surface area contributed by atoms with Gasteiger partial charge in [-0.05, 0) is 46.4 Å². The molecule has 3 heteroatoms. The summed E-state index contributed by atoms with van der Waals surface area (Å²) in [4.78, 5) is 0. The predicted molar refractivity (Wildman–Crippen MR) is 50.6 cm³/mol. The number of halogens is 1. The normalized spacial score (nSPS) is 12.0. The Kier molecular flexibility index (Phi) is 6.53. The third kappa shape index (κ3) is 4.77. The van der Waals surface area contributed by atoms with Crippen LogP contribution in [0.25, 0.3) is 0 Å². The topological polar surface area (TPSA) is 3.24 Å². The van der Waals surface area contributed by atoms with Crippen molar-refractivity contribution in [1.29, 1.82) is 0 Å². The first-order valence-corrected chi connectivity index (χ1v) is 3.64. The van der Waals surface area contributed by atoms with Crippen LogP contribution in [0.2, 0.25) is 0 Å².